The SMILES string of the molecule is COc1ccc2nc(N(CCCN(C)C)C(=O)C3CCCCN3S(=O)(=O)c3ccc(Cl)s3)sc2c1. The zero-order chi connectivity index (χ0) is 25.2. The van der Waals surface area contributed by atoms with Crippen molar-refractivity contribution in [2.75, 3.05) is 45.7 Å². The van der Waals surface area contributed by atoms with E-state index in [1.54, 1.807) is 18.1 Å². The van der Waals surface area contributed by atoms with Gasteiger partial charge in [-0.05, 0) is 70.2 Å². The van der Waals surface area contributed by atoms with E-state index >= 15 is 0 Å². The summed E-state index contributed by atoms with van der Waals surface area (Å²) in [6.07, 6.45) is 2.71. The number of benzene rings is 1. The first-order chi connectivity index (χ1) is 16.7. The molecule has 0 N–H and O–H groups in total. The zero-order valence-electron chi connectivity index (χ0n) is 19.9. The number of sulfonamides is 1. The second-order valence-corrected chi connectivity index (χ2v) is 13.5. The number of rotatable bonds is 9. The molecular formula is C23H29ClN4O4S3. The lowest BCUT2D eigenvalue weighted by Gasteiger charge is -2.36. The van der Waals surface area contributed by atoms with Crippen molar-refractivity contribution in [2.45, 2.75) is 35.9 Å². The van der Waals surface area contributed by atoms with Gasteiger partial charge in [-0.25, -0.2) is 13.4 Å². The van der Waals surface area contributed by atoms with Crippen LogP contribution < -0.4 is 9.64 Å². The molecule has 2 aromatic heterocycles. The van der Waals surface area contributed by atoms with Crippen LogP contribution in [0.1, 0.15) is 25.7 Å². The summed E-state index contributed by atoms with van der Waals surface area (Å²) in [5.41, 5.74) is 0.776. The van der Waals surface area contributed by atoms with Crippen molar-refractivity contribution in [3.05, 3.63) is 34.7 Å². The van der Waals surface area contributed by atoms with Gasteiger partial charge in [-0.15, -0.1) is 11.3 Å². The van der Waals surface area contributed by atoms with Crippen molar-refractivity contribution < 1.29 is 17.9 Å². The van der Waals surface area contributed by atoms with E-state index in [0.717, 1.165) is 46.7 Å². The molecule has 8 nitrogen and oxygen atoms in total. The minimum atomic E-state index is -3.84. The number of ether oxygens (including phenoxy) is 1. The molecule has 1 saturated heterocycles. The maximum Gasteiger partial charge on any atom is 0.253 e. The Bertz CT molecular complexity index is 1290. The fourth-order valence-corrected chi connectivity index (χ4v) is 8.44. The normalized spacial score (nSPS) is 17.2. The Kier molecular flexibility index (Phi) is 8.34. The van der Waals surface area contributed by atoms with Gasteiger partial charge in [0, 0.05) is 13.1 Å². The van der Waals surface area contributed by atoms with E-state index in [2.05, 4.69) is 4.90 Å². The molecular weight excluding hydrogens is 528 g/mol. The number of anilines is 1. The van der Waals surface area contributed by atoms with E-state index in [1.807, 2.05) is 32.3 Å². The molecule has 0 saturated carbocycles. The zero-order valence-corrected chi connectivity index (χ0v) is 23.1. The van der Waals surface area contributed by atoms with Crippen LogP contribution in [-0.4, -0.2) is 75.4 Å². The van der Waals surface area contributed by atoms with E-state index in [4.69, 9.17) is 21.3 Å². The van der Waals surface area contributed by atoms with Gasteiger partial charge in [0.2, 0.25) is 5.91 Å². The van der Waals surface area contributed by atoms with Gasteiger partial charge in [0.1, 0.15) is 16.0 Å². The molecule has 12 heteroatoms. The van der Waals surface area contributed by atoms with Gasteiger partial charge < -0.3 is 9.64 Å². The molecule has 1 amide bonds. The van der Waals surface area contributed by atoms with Crippen molar-refractivity contribution in [1.29, 1.82) is 0 Å². The van der Waals surface area contributed by atoms with Gasteiger partial charge in [0.25, 0.3) is 10.0 Å². The first-order valence-corrected chi connectivity index (χ1v) is 14.8. The van der Waals surface area contributed by atoms with Crippen molar-refractivity contribution >= 4 is 65.6 Å². The number of thiophene rings is 1. The number of hydrogen-bond acceptors (Lipinski definition) is 8. The highest BCUT2D eigenvalue weighted by Crippen LogP contribution is 2.35. The predicted molar refractivity (Wildman–Crippen MR) is 143 cm³/mol. The second-order valence-electron chi connectivity index (χ2n) is 8.66. The molecule has 3 aromatic rings. The second kappa shape index (κ2) is 11.1. The minimum Gasteiger partial charge on any atom is -0.497 e. The van der Waals surface area contributed by atoms with Crippen LogP contribution in [0.5, 0.6) is 5.75 Å². The number of fused-ring (bicyclic) bond motifs is 1. The standard InChI is InChI=1S/C23H29ClN4O4S3/c1-26(2)12-6-13-27(23-25-17-9-8-16(32-3)15-19(17)33-23)22(29)18-7-4-5-14-28(18)35(30,31)21-11-10-20(24)34-21/h8-11,15,18H,4-7,12-14H2,1-3H3. The summed E-state index contributed by atoms with van der Waals surface area (Å²) in [6.45, 7) is 1.54. The van der Waals surface area contributed by atoms with Crippen molar-refractivity contribution in [2.24, 2.45) is 0 Å². The Labute approximate surface area is 219 Å². The van der Waals surface area contributed by atoms with Gasteiger partial charge in [-0.1, -0.05) is 29.4 Å². The number of carbonyl (C=O) groups is 1. The van der Waals surface area contributed by atoms with Gasteiger partial charge in [-0.3, -0.25) is 9.69 Å². The number of halogens is 1. The third-order valence-electron chi connectivity index (χ3n) is 5.92. The van der Waals surface area contributed by atoms with Gasteiger partial charge in [-0.2, -0.15) is 4.31 Å². The maximum absolute atomic E-state index is 14.0. The number of methoxy groups -OCH3 is 1. The average Bonchev–Trinajstić information content (AvgIpc) is 3.47. The number of aromatic nitrogens is 1. The average molecular weight is 557 g/mol. The van der Waals surface area contributed by atoms with Crippen LogP contribution in [0.15, 0.2) is 34.5 Å². The van der Waals surface area contributed by atoms with E-state index in [1.165, 1.54) is 21.7 Å². The van der Waals surface area contributed by atoms with Crippen LogP contribution in [0, 0.1) is 0 Å². The van der Waals surface area contributed by atoms with Crippen LogP contribution in [0.3, 0.4) is 0 Å². The smallest absolute Gasteiger partial charge is 0.253 e. The summed E-state index contributed by atoms with van der Waals surface area (Å²) < 4.78 is 35.1. The summed E-state index contributed by atoms with van der Waals surface area (Å²) in [4.78, 5) is 22.4. The highest BCUT2D eigenvalue weighted by atomic mass is 35.5. The summed E-state index contributed by atoms with van der Waals surface area (Å²) in [6, 6.07) is 7.91. The summed E-state index contributed by atoms with van der Waals surface area (Å²) in [5, 5.41) is 0.569. The number of amides is 1. The number of carbonyl (C=O) groups excluding carboxylic acids is 1. The minimum absolute atomic E-state index is 0.161. The van der Waals surface area contributed by atoms with Crippen LogP contribution in [-0.2, 0) is 14.8 Å². The highest BCUT2D eigenvalue weighted by molar-refractivity contribution is 7.91. The van der Waals surface area contributed by atoms with Crippen molar-refractivity contribution in [3.63, 3.8) is 0 Å². The molecule has 0 radical (unpaired) electrons. The summed E-state index contributed by atoms with van der Waals surface area (Å²) in [5.74, 6) is 0.484. The molecule has 1 unspecified atom stereocenters. The molecule has 0 aliphatic carbocycles. The van der Waals surface area contributed by atoms with Crippen LogP contribution >= 0.6 is 34.3 Å². The van der Waals surface area contributed by atoms with E-state index < -0.39 is 16.1 Å². The predicted octanol–water partition coefficient (Wildman–Crippen LogP) is 4.55. The topological polar surface area (TPSA) is 83.1 Å². The van der Waals surface area contributed by atoms with E-state index in [0.29, 0.717) is 35.4 Å². The van der Waals surface area contributed by atoms with Gasteiger partial charge in [0.05, 0.1) is 21.7 Å². The molecule has 190 valence electrons. The molecule has 1 atom stereocenters. The van der Waals surface area contributed by atoms with Gasteiger partial charge >= 0.3 is 0 Å². The molecule has 4 rings (SSSR count). The number of thiazole rings is 1. The monoisotopic (exact) mass is 556 g/mol. The molecule has 0 bridgehead atoms. The fourth-order valence-electron chi connectivity index (χ4n) is 4.15. The molecule has 35 heavy (non-hydrogen) atoms. The molecule has 1 aliphatic rings. The van der Waals surface area contributed by atoms with Crippen molar-refractivity contribution in [1.82, 2.24) is 14.2 Å². The Morgan fingerprint density at radius 2 is 2.00 bits per heavy atom. The highest BCUT2D eigenvalue weighted by Gasteiger charge is 2.41. The maximum atomic E-state index is 14.0. The van der Waals surface area contributed by atoms with Crippen LogP contribution in [0.4, 0.5) is 5.13 Å². The first kappa shape index (κ1) is 26.3. The summed E-state index contributed by atoms with van der Waals surface area (Å²) >= 11 is 8.44. The number of nitrogens with zero attached hydrogens (tertiary/aromatic N) is 4. The molecule has 1 aliphatic heterocycles. The lowest BCUT2D eigenvalue weighted by molar-refractivity contribution is -0.123. The Morgan fingerprint density at radius 1 is 1.20 bits per heavy atom. The largest absolute Gasteiger partial charge is 0.497 e. The summed E-state index contributed by atoms with van der Waals surface area (Å²) in [7, 11) is 1.74. The lowest BCUT2D eigenvalue weighted by Crippen LogP contribution is -2.53. The van der Waals surface area contributed by atoms with Crippen molar-refractivity contribution in [3.8, 4) is 5.75 Å². The molecule has 0 spiro atoms. The van der Waals surface area contributed by atoms with Crippen LogP contribution in [0.25, 0.3) is 10.2 Å². The van der Waals surface area contributed by atoms with E-state index in [9.17, 15) is 13.2 Å². The van der Waals surface area contributed by atoms with E-state index in [-0.39, 0.29) is 10.1 Å². The molecule has 1 fully saturated rings. The Hall–Kier alpha value is -1.76. The van der Waals surface area contributed by atoms with Crippen LogP contribution in [0.2, 0.25) is 4.34 Å². The van der Waals surface area contributed by atoms with Gasteiger partial charge in [0.15, 0.2) is 5.13 Å². The third-order valence-corrected chi connectivity index (χ3v) is 10.6. The fraction of sp³-hybridized carbons (Fsp3) is 0.478. The lowest BCUT2D eigenvalue weighted by atomic mass is 10.0. The number of hydrogen-bond donors (Lipinski definition) is 0. The molecule has 1 aromatic carbocycles. The third kappa shape index (κ3) is 5.81. The Balaban J connectivity index is 1.68. The quantitative estimate of drug-likeness (QED) is 0.384. The first-order valence-electron chi connectivity index (χ1n) is 11.4. The molecule has 3 heterocycles. The number of piperidine rings is 1. The Morgan fingerprint density at radius 3 is 2.69 bits per heavy atom.